The van der Waals surface area contributed by atoms with Crippen LogP contribution < -0.4 is 0 Å². The van der Waals surface area contributed by atoms with E-state index in [4.69, 9.17) is 1.37 Å². The summed E-state index contributed by atoms with van der Waals surface area (Å²) in [5.74, 6) is 0. The van der Waals surface area contributed by atoms with Gasteiger partial charge in [-0.1, -0.05) is 17.7 Å². The minimum absolute atomic E-state index is 0.0883. The molecule has 0 heterocycles. The van der Waals surface area contributed by atoms with Gasteiger partial charge in [-0.2, -0.15) is 8.42 Å². The molecule has 12 heavy (non-hydrogen) atoms. The fraction of sp³-hybridized carbons (Fsp3) is 0.250. The van der Waals surface area contributed by atoms with Crippen molar-refractivity contribution in [1.82, 2.24) is 0 Å². The second kappa shape index (κ2) is 3.25. The lowest BCUT2D eigenvalue weighted by Gasteiger charge is -2.00. The van der Waals surface area contributed by atoms with E-state index in [9.17, 15) is 8.42 Å². The van der Waals surface area contributed by atoms with Gasteiger partial charge in [0.05, 0.1) is 13.4 Å². The van der Waals surface area contributed by atoms with Crippen LogP contribution in [0.1, 0.15) is 6.93 Å². The molecular weight excluding hydrogens is 176 g/mol. The van der Waals surface area contributed by atoms with Crippen LogP contribution in [0.25, 0.3) is 0 Å². The third-order valence-electron chi connectivity index (χ3n) is 1.46. The van der Waals surface area contributed by atoms with E-state index < -0.39 is 17.2 Å². The maximum absolute atomic E-state index is 11.2. The minimum Gasteiger partial charge on any atom is -0.270 e. The Morgan fingerprint density at radius 3 is 2.42 bits per heavy atom. The third-order valence-corrected chi connectivity index (χ3v) is 2.62. The largest absolute Gasteiger partial charge is 0.296 e. The second-order valence-corrected chi connectivity index (χ2v) is 4.00. The Labute approximate surface area is 73.5 Å². The van der Waals surface area contributed by atoms with Crippen molar-refractivity contribution >= 4 is 10.1 Å². The fourth-order valence-electron chi connectivity index (χ4n) is 0.773. The summed E-state index contributed by atoms with van der Waals surface area (Å²) in [5, 5.41) is 0. The molecule has 4 heteroatoms. The van der Waals surface area contributed by atoms with Crippen LogP contribution in [-0.2, 0) is 14.3 Å². The average molecular weight is 187 g/mol. The Bertz CT molecular complexity index is 369. The zero-order chi connectivity index (χ0) is 9.90. The van der Waals surface area contributed by atoms with Gasteiger partial charge >= 0.3 is 0 Å². The maximum Gasteiger partial charge on any atom is 0.296 e. The van der Waals surface area contributed by atoms with Crippen LogP contribution in [0.4, 0.5) is 0 Å². The van der Waals surface area contributed by atoms with Gasteiger partial charge in [-0.25, -0.2) is 0 Å². The SMILES string of the molecule is [2H]COS(=O)(=O)c1ccc(C)cc1. The van der Waals surface area contributed by atoms with E-state index in [0.717, 1.165) is 5.56 Å². The Morgan fingerprint density at radius 2 is 1.92 bits per heavy atom. The summed E-state index contributed by atoms with van der Waals surface area (Å²) in [7, 11) is -4.30. The lowest BCUT2D eigenvalue weighted by Crippen LogP contribution is -2.02. The molecule has 0 aliphatic heterocycles. The molecule has 0 N–H and O–H groups in total. The Balaban J connectivity index is 3.02. The summed E-state index contributed by atoms with van der Waals surface area (Å²) in [4.78, 5) is 0.0883. The fourth-order valence-corrected chi connectivity index (χ4v) is 1.38. The Morgan fingerprint density at radius 1 is 1.33 bits per heavy atom. The highest BCUT2D eigenvalue weighted by atomic mass is 32.2. The van der Waals surface area contributed by atoms with Gasteiger partial charge in [0.15, 0.2) is 0 Å². The van der Waals surface area contributed by atoms with Crippen LogP contribution >= 0.6 is 0 Å². The predicted molar refractivity (Wildman–Crippen MR) is 45.4 cm³/mol. The highest BCUT2D eigenvalue weighted by Gasteiger charge is 2.10. The highest BCUT2D eigenvalue weighted by Crippen LogP contribution is 2.11. The molecule has 66 valence electrons. The van der Waals surface area contributed by atoms with Gasteiger partial charge in [0.2, 0.25) is 0 Å². The van der Waals surface area contributed by atoms with Gasteiger partial charge in [0.1, 0.15) is 0 Å². The summed E-state index contributed by atoms with van der Waals surface area (Å²) in [6, 6.07) is 6.28. The number of aryl methyl sites for hydroxylation is 1. The van der Waals surface area contributed by atoms with Gasteiger partial charge in [0.25, 0.3) is 10.1 Å². The van der Waals surface area contributed by atoms with Crippen molar-refractivity contribution in [3.8, 4) is 0 Å². The molecule has 3 nitrogen and oxygen atoms in total. The summed E-state index contributed by atoms with van der Waals surface area (Å²) >= 11 is 0. The number of hydrogen-bond donors (Lipinski definition) is 0. The first kappa shape index (κ1) is 7.76. The number of rotatable bonds is 2. The van der Waals surface area contributed by atoms with Crippen molar-refractivity contribution in [3.05, 3.63) is 29.8 Å². The average Bonchev–Trinajstić information content (AvgIpc) is 2.05. The molecule has 0 atom stereocenters. The molecule has 0 radical (unpaired) electrons. The first-order chi connectivity index (χ1) is 6.06. The van der Waals surface area contributed by atoms with Gasteiger partial charge in [-0.15, -0.1) is 0 Å². The minimum atomic E-state index is -3.71. The van der Waals surface area contributed by atoms with E-state index in [1.165, 1.54) is 12.1 Å². The molecule has 0 aliphatic carbocycles. The summed E-state index contributed by atoms with van der Waals surface area (Å²) in [6.07, 6.45) is 0. The normalized spacial score (nSPS) is 12.6. The zero-order valence-electron chi connectivity index (χ0n) is 7.65. The first-order valence-corrected chi connectivity index (χ1v) is 4.72. The molecule has 0 aliphatic rings. The van der Waals surface area contributed by atoms with Crippen LogP contribution in [0.15, 0.2) is 29.2 Å². The Hall–Kier alpha value is -0.870. The van der Waals surface area contributed by atoms with Crippen molar-refractivity contribution in [2.24, 2.45) is 0 Å². The quantitative estimate of drug-likeness (QED) is 0.656. The molecule has 0 bridgehead atoms. The zero-order valence-corrected chi connectivity index (χ0v) is 7.47. The summed E-state index contributed by atoms with van der Waals surface area (Å²) < 4.78 is 33.3. The van der Waals surface area contributed by atoms with Crippen LogP contribution in [0, 0.1) is 6.92 Å². The molecule has 0 aromatic heterocycles. The molecule has 0 spiro atoms. The second-order valence-electron chi connectivity index (χ2n) is 2.39. The highest BCUT2D eigenvalue weighted by molar-refractivity contribution is 7.86. The molecule has 0 fully saturated rings. The summed E-state index contributed by atoms with van der Waals surface area (Å²) in [5.41, 5.74) is 0.977. The lowest BCUT2D eigenvalue weighted by molar-refractivity contribution is 0.398. The predicted octanol–water partition coefficient (Wildman–Crippen LogP) is 1.33. The smallest absolute Gasteiger partial charge is 0.270 e. The van der Waals surface area contributed by atoms with Gasteiger partial charge < -0.3 is 0 Å². The van der Waals surface area contributed by atoms with Crippen LogP contribution in [-0.4, -0.2) is 15.5 Å². The third kappa shape index (κ3) is 1.84. The number of benzene rings is 1. The van der Waals surface area contributed by atoms with Crippen molar-refractivity contribution in [2.75, 3.05) is 7.09 Å². The molecule has 1 rings (SSSR count). The molecule has 0 saturated heterocycles. The van der Waals surface area contributed by atoms with Crippen molar-refractivity contribution in [2.45, 2.75) is 11.8 Å². The van der Waals surface area contributed by atoms with Crippen molar-refractivity contribution < 1.29 is 14.0 Å². The van der Waals surface area contributed by atoms with Crippen LogP contribution in [0.3, 0.4) is 0 Å². The van der Waals surface area contributed by atoms with E-state index in [-0.39, 0.29) is 4.90 Å². The maximum atomic E-state index is 11.2. The number of hydrogen-bond acceptors (Lipinski definition) is 3. The van der Waals surface area contributed by atoms with E-state index in [1.54, 1.807) is 12.1 Å². The first-order valence-electron chi connectivity index (χ1n) is 4.02. The standard InChI is InChI=1S/C8H10O3S/c1-7-3-5-8(6-4-7)12(9,10)11-2/h3-6H,1-2H3/i2D. The Kier molecular flexibility index (Phi) is 2.10. The van der Waals surface area contributed by atoms with Crippen LogP contribution in [0.5, 0.6) is 0 Å². The van der Waals surface area contributed by atoms with Crippen molar-refractivity contribution in [1.29, 1.82) is 0 Å². The molecule has 1 aromatic carbocycles. The molecule has 0 saturated carbocycles. The van der Waals surface area contributed by atoms with Crippen LogP contribution in [0.2, 0.25) is 0 Å². The van der Waals surface area contributed by atoms with Gasteiger partial charge in [-0.3, -0.25) is 4.18 Å². The molecular formula is C8H10O3S. The molecule has 0 amide bonds. The van der Waals surface area contributed by atoms with Gasteiger partial charge in [-0.05, 0) is 19.1 Å². The summed E-state index contributed by atoms with van der Waals surface area (Å²) in [6.45, 7) is 1.86. The van der Waals surface area contributed by atoms with Gasteiger partial charge in [0, 0.05) is 0 Å². The van der Waals surface area contributed by atoms with E-state index in [2.05, 4.69) is 4.18 Å². The molecule has 1 aromatic rings. The van der Waals surface area contributed by atoms with E-state index in [0.29, 0.717) is 0 Å². The van der Waals surface area contributed by atoms with E-state index >= 15 is 0 Å². The topological polar surface area (TPSA) is 43.4 Å². The monoisotopic (exact) mass is 187 g/mol. The van der Waals surface area contributed by atoms with Crippen molar-refractivity contribution in [3.63, 3.8) is 0 Å². The molecule has 0 unspecified atom stereocenters. The lowest BCUT2D eigenvalue weighted by atomic mass is 10.2. The van der Waals surface area contributed by atoms with E-state index in [1.807, 2.05) is 6.92 Å².